The fourth-order valence-corrected chi connectivity index (χ4v) is 3.20. The normalized spacial score (nSPS) is 14.7. The molecular weight excluding hydrogens is 352 g/mol. The largest absolute Gasteiger partial charge is 0.370 e. The second kappa shape index (κ2) is 8.67. The second-order valence-corrected chi connectivity index (χ2v) is 6.75. The Kier molecular flexibility index (Phi) is 6.07. The number of amides is 2. The molecule has 1 fully saturated rings. The third-order valence-electron chi connectivity index (χ3n) is 4.47. The smallest absolute Gasteiger partial charge is 0.313 e. The molecule has 2 amide bonds. The molecule has 7 heteroatoms. The van der Waals surface area contributed by atoms with Crippen LogP contribution in [0.15, 0.2) is 48.8 Å². The van der Waals surface area contributed by atoms with Crippen LogP contribution in [0, 0.1) is 5.92 Å². The number of hydrogen-bond donors (Lipinski definition) is 2. The minimum Gasteiger partial charge on any atom is -0.370 e. The van der Waals surface area contributed by atoms with Gasteiger partial charge in [-0.05, 0) is 49.1 Å². The molecular formula is C19H21ClN4O2. The van der Waals surface area contributed by atoms with E-state index in [1.54, 1.807) is 30.5 Å². The first-order chi connectivity index (χ1) is 12.6. The number of aromatic nitrogens is 1. The van der Waals surface area contributed by atoms with Crippen LogP contribution < -0.4 is 15.5 Å². The molecule has 3 rings (SSSR count). The Morgan fingerprint density at radius 3 is 2.65 bits per heavy atom. The first-order valence-corrected chi connectivity index (χ1v) is 8.99. The monoisotopic (exact) mass is 372 g/mol. The maximum atomic E-state index is 12.0. The number of nitrogens with one attached hydrogen (secondary N) is 2. The van der Waals surface area contributed by atoms with Crippen molar-refractivity contribution in [2.75, 3.05) is 29.9 Å². The van der Waals surface area contributed by atoms with Crippen LogP contribution in [0.4, 0.5) is 11.4 Å². The Morgan fingerprint density at radius 1 is 1.15 bits per heavy atom. The molecule has 1 aromatic carbocycles. The number of pyridine rings is 1. The Balaban J connectivity index is 1.42. The third kappa shape index (κ3) is 4.95. The van der Waals surface area contributed by atoms with Crippen molar-refractivity contribution < 1.29 is 9.59 Å². The zero-order chi connectivity index (χ0) is 18.4. The summed E-state index contributed by atoms with van der Waals surface area (Å²) in [6, 6.07) is 10.7. The number of hydrogen-bond acceptors (Lipinski definition) is 4. The van der Waals surface area contributed by atoms with E-state index in [4.69, 9.17) is 11.6 Å². The first kappa shape index (κ1) is 18.2. The van der Waals surface area contributed by atoms with Gasteiger partial charge in [0.2, 0.25) is 0 Å². The van der Waals surface area contributed by atoms with E-state index in [0.29, 0.717) is 23.2 Å². The number of carbonyl (C=O) groups is 2. The van der Waals surface area contributed by atoms with E-state index in [1.165, 1.54) is 0 Å². The zero-order valence-corrected chi connectivity index (χ0v) is 15.1. The minimum absolute atomic E-state index is 0.367. The van der Waals surface area contributed by atoms with Gasteiger partial charge < -0.3 is 15.5 Å². The number of rotatable bonds is 4. The summed E-state index contributed by atoms with van der Waals surface area (Å²) in [4.78, 5) is 30.4. The summed E-state index contributed by atoms with van der Waals surface area (Å²) in [6.07, 6.45) is 5.55. The van der Waals surface area contributed by atoms with Gasteiger partial charge in [0.1, 0.15) is 0 Å². The fraction of sp³-hybridized carbons (Fsp3) is 0.316. The molecule has 2 aromatic rings. The van der Waals surface area contributed by atoms with Crippen LogP contribution >= 0.6 is 11.6 Å². The molecule has 2 heterocycles. The van der Waals surface area contributed by atoms with Gasteiger partial charge in [-0.1, -0.05) is 17.7 Å². The Bertz CT molecular complexity index is 761. The fourth-order valence-electron chi connectivity index (χ4n) is 3.01. The molecule has 136 valence electrons. The molecule has 1 aliphatic rings. The lowest BCUT2D eigenvalue weighted by Gasteiger charge is -2.33. The molecule has 1 aliphatic heterocycles. The molecule has 0 bridgehead atoms. The van der Waals surface area contributed by atoms with Gasteiger partial charge in [0.25, 0.3) is 0 Å². The number of anilines is 2. The highest BCUT2D eigenvalue weighted by Gasteiger charge is 2.21. The SMILES string of the molecule is O=C(NCC1CCN(c2cccnc2)CC1)C(=O)Nc1cccc(Cl)c1. The molecule has 0 aliphatic carbocycles. The molecule has 1 saturated heterocycles. The Morgan fingerprint density at radius 2 is 1.96 bits per heavy atom. The molecule has 26 heavy (non-hydrogen) atoms. The Hall–Kier alpha value is -2.60. The van der Waals surface area contributed by atoms with Crippen molar-refractivity contribution in [3.8, 4) is 0 Å². The molecule has 0 spiro atoms. The van der Waals surface area contributed by atoms with E-state index in [2.05, 4.69) is 26.6 Å². The van der Waals surface area contributed by atoms with E-state index in [1.807, 2.05) is 12.3 Å². The lowest BCUT2D eigenvalue weighted by Crippen LogP contribution is -2.41. The molecule has 0 saturated carbocycles. The summed E-state index contributed by atoms with van der Waals surface area (Å²) >= 11 is 5.87. The van der Waals surface area contributed by atoms with Crippen molar-refractivity contribution in [2.45, 2.75) is 12.8 Å². The highest BCUT2D eigenvalue weighted by atomic mass is 35.5. The van der Waals surface area contributed by atoms with Crippen LogP contribution in [-0.4, -0.2) is 36.4 Å². The van der Waals surface area contributed by atoms with Crippen LogP contribution in [0.5, 0.6) is 0 Å². The average Bonchev–Trinajstić information content (AvgIpc) is 2.67. The molecule has 0 atom stereocenters. The van der Waals surface area contributed by atoms with Gasteiger partial charge in [-0.3, -0.25) is 14.6 Å². The lowest BCUT2D eigenvalue weighted by molar-refractivity contribution is -0.136. The highest BCUT2D eigenvalue weighted by molar-refractivity contribution is 6.39. The van der Waals surface area contributed by atoms with Crippen LogP contribution in [0.2, 0.25) is 5.02 Å². The topological polar surface area (TPSA) is 74.3 Å². The molecule has 0 radical (unpaired) electrons. The maximum absolute atomic E-state index is 12.0. The van der Waals surface area contributed by atoms with Crippen molar-refractivity contribution in [1.82, 2.24) is 10.3 Å². The van der Waals surface area contributed by atoms with Gasteiger partial charge in [0, 0.05) is 36.5 Å². The lowest BCUT2D eigenvalue weighted by atomic mass is 9.96. The summed E-state index contributed by atoms with van der Waals surface area (Å²) in [7, 11) is 0. The van der Waals surface area contributed by atoms with Crippen molar-refractivity contribution >= 4 is 34.8 Å². The maximum Gasteiger partial charge on any atom is 0.313 e. The standard InChI is InChI=1S/C19H21ClN4O2/c20-15-3-1-4-16(11-15)23-19(26)18(25)22-12-14-6-9-24(10-7-14)17-5-2-8-21-13-17/h1-5,8,11,13-14H,6-7,9-10,12H2,(H,22,25)(H,23,26). The zero-order valence-electron chi connectivity index (χ0n) is 14.3. The summed E-state index contributed by atoms with van der Waals surface area (Å²) in [5.41, 5.74) is 1.62. The third-order valence-corrected chi connectivity index (χ3v) is 4.70. The van der Waals surface area contributed by atoms with Crippen molar-refractivity contribution in [2.24, 2.45) is 5.92 Å². The van der Waals surface area contributed by atoms with E-state index in [-0.39, 0.29) is 0 Å². The molecule has 1 aromatic heterocycles. The van der Waals surface area contributed by atoms with Crippen molar-refractivity contribution in [1.29, 1.82) is 0 Å². The van der Waals surface area contributed by atoms with Crippen molar-refractivity contribution in [3.05, 3.63) is 53.8 Å². The summed E-state index contributed by atoms with van der Waals surface area (Å²) in [5, 5.41) is 5.78. The van der Waals surface area contributed by atoms with Gasteiger partial charge in [0.15, 0.2) is 0 Å². The summed E-state index contributed by atoms with van der Waals surface area (Å²) < 4.78 is 0. The van der Waals surface area contributed by atoms with Crippen molar-refractivity contribution in [3.63, 3.8) is 0 Å². The van der Waals surface area contributed by atoms with E-state index >= 15 is 0 Å². The van der Waals surface area contributed by atoms with Crippen LogP contribution in [0.1, 0.15) is 12.8 Å². The van der Waals surface area contributed by atoms with Gasteiger partial charge in [-0.2, -0.15) is 0 Å². The van der Waals surface area contributed by atoms with Crippen LogP contribution in [-0.2, 0) is 9.59 Å². The summed E-state index contributed by atoms with van der Waals surface area (Å²) in [6.45, 7) is 2.34. The summed E-state index contributed by atoms with van der Waals surface area (Å²) in [5.74, 6) is -0.939. The predicted molar refractivity (Wildman–Crippen MR) is 102 cm³/mol. The predicted octanol–water partition coefficient (Wildman–Crippen LogP) is 2.71. The molecule has 0 unspecified atom stereocenters. The van der Waals surface area contributed by atoms with E-state index in [0.717, 1.165) is 31.6 Å². The number of piperidine rings is 1. The number of benzene rings is 1. The van der Waals surface area contributed by atoms with E-state index < -0.39 is 11.8 Å². The molecule has 2 N–H and O–H groups in total. The van der Waals surface area contributed by atoms with Crippen LogP contribution in [0.3, 0.4) is 0 Å². The highest BCUT2D eigenvalue weighted by Crippen LogP contribution is 2.22. The first-order valence-electron chi connectivity index (χ1n) is 8.61. The quantitative estimate of drug-likeness (QED) is 0.809. The average molecular weight is 373 g/mol. The number of halogens is 1. The number of nitrogens with zero attached hydrogens (tertiary/aromatic N) is 2. The van der Waals surface area contributed by atoms with Crippen LogP contribution in [0.25, 0.3) is 0 Å². The minimum atomic E-state index is -0.680. The Labute approximate surface area is 157 Å². The van der Waals surface area contributed by atoms with Gasteiger partial charge in [-0.15, -0.1) is 0 Å². The van der Waals surface area contributed by atoms with E-state index in [9.17, 15) is 9.59 Å². The second-order valence-electron chi connectivity index (χ2n) is 6.32. The molecule has 6 nitrogen and oxygen atoms in total. The number of carbonyl (C=O) groups excluding carboxylic acids is 2. The van der Waals surface area contributed by atoms with Gasteiger partial charge in [0.05, 0.1) is 11.9 Å². The van der Waals surface area contributed by atoms with Gasteiger partial charge >= 0.3 is 11.8 Å². The van der Waals surface area contributed by atoms with Gasteiger partial charge in [-0.25, -0.2) is 0 Å².